The molecule has 2 unspecified atom stereocenters. The Balaban J connectivity index is 1.25. The molecule has 46 heavy (non-hydrogen) atoms. The zero-order valence-electron chi connectivity index (χ0n) is 25.0. The molecule has 252 valence electrons. The highest BCUT2D eigenvalue weighted by Crippen LogP contribution is 2.59. The summed E-state index contributed by atoms with van der Waals surface area (Å²) in [4.78, 5) is 0. The first-order chi connectivity index (χ1) is 21.7. The molecule has 0 N–H and O–H groups in total. The Labute approximate surface area is 274 Å². The van der Waals surface area contributed by atoms with Gasteiger partial charge in [0.25, 0.3) is 0 Å². The standard InChI is InChI=1S/C28H32Cl2O14P2/c1-27(2)37-23-21-19(35-25(23)39-27)13-33-46(32,42-18-12-8-6-10-16(18)30)44-22-20(36-26-24(22)38-28(3,4)40-26)14-34-45(31,43-21)41-17-11-7-5-9-15(17)29/h5-12,19-26H,13-14H2,1-4H3/t19-,20-,21-,22-,23-,24-,25-,26-,45?,46?/m1/s1. The molecule has 5 aliphatic rings. The van der Waals surface area contributed by atoms with Crippen molar-refractivity contribution in [1.82, 2.24) is 0 Å². The van der Waals surface area contributed by atoms with Crippen LogP contribution in [0.1, 0.15) is 27.7 Å². The third-order valence-electron chi connectivity index (χ3n) is 7.56. The molecular weight excluding hydrogens is 693 g/mol. The Hall–Kier alpha value is -1.32. The maximum atomic E-state index is 14.5. The van der Waals surface area contributed by atoms with Crippen molar-refractivity contribution in [1.29, 1.82) is 0 Å². The van der Waals surface area contributed by atoms with Gasteiger partial charge in [-0.25, -0.2) is 9.13 Å². The third-order valence-corrected chi connectivity index (χ3v) is 11.0. The van der Waals surface area contributed by atoms with E-state index in [1.807, 2.05) is 0 Å². The smallest absolute Gasteiger partial charge is 0.402 e. The molecule has 2 aromatic carbocycles. The molecule has 0 saturated carbocycles. The fourth-order valence-electron chi connectivity index (χ4n) is 5.68. The average molecular weight is 725 g/mol. The quantitative estimate of drug-likeness (QED) is 0.328. The van der Waals surface area contributed by atoms with Crippen LogP contribution in [0.4, 0.5) is 0 Å². The largest absolute Gasteiger partial charge is 0.530 e. The van der Waals surface area contributed by atoms with E-state index >= 15 is 0 Å². The second-order valence-electron chi connectivity index (χ2n) is 12.0. The molecule has 0 aromatic heterocycles. The highest BCUT2D eigenvalue weighted by molar-refractivity contribution is 7.49. The molecule has 5 saturated heterocycles. The van der Waals surface area contributed by atoms with Gasteiger partial charge in [0.1, 0.15) is 48.1 Å². The SMILES string of the molecule is CC1(C)O[C@H]2O[C@@H]3COP(=O)(Oc4ccccc4Cl)O[C@H]4[C@H]5OC(C)(C)O[C@H]5O[C@@H]4COP(=O)(Oc4ccccc4Cl)O[C@H]3[C@H]2O1. The number of fused-ring (bicyclic) bond motifs is 6. The van der Waals surface area contributed by atoms with Crippen LogP contribution in [0.3, 0.4) is 0 Å². The van der Waals surface area contributed by atoms with Gasteiger partial charge in [0.15, 0.2) is 24.2 Å². The zero-order valence-corrected chi connectivity index (χ0v) is 28.3. The molecule has 2 aromatic rings. The summed E-state index contributed by atoms with van der Waals surface area (Å²) < 4.78 is 101. The van der Waals surface area contributed by atoms with Crippen LogP contribution in [0.15, 0.2) is 48.5 Å². The van der Waals surface area contributed by atoms with E-state index in [4.69, 9.17) is 78.8 Å². The number of halogens is 2. The van der Waals surface area contributed by atoms with Crippen molar-refractivity contribution >= 4 is 38.8 Å². The van der Waals surface area contributed by atoms with Crippen molar-refractivity contribution in [3.63, 3.8) is 0 Å². The second kappa shape index (κ2) is 12.2. The Morgan fingerprint density at radius 1 is 0.630 bits per heavy atom. The van der Waals surface area contributed by atoms with Gasteiger partial charge in [-0.2, -0.15) is 0 Å². The first kappa shape index (κ1) is 33.2. The van der Waals surface area contributed by atoms with E-state index in [2.05, 4.69) is 0 Å². The minimum Gasteiger partial charge on any atom is -0.402 e. The first-order valence-electron chi connectivity index (χ1n) is 14.5. The number of phosphoric ester groups is 2. The zero-order chi connectivity index (χ0) is 32.5. The van der Waals surface area contributed by atoms with Gasteiger partial charge in [-0.05, 0) is 52.0 Å². The number of hydrogen-bond donors (Lipinski definition) is 0. The summed E-state index contributed by atoms with van der Waals surface area (Å²) in [6, 6.07) is 12.8. The number of rotatable bonds is 4. The van der Waals surface area contributed by atoms with Crippen LogP contribution in [-0.2, 0) is 55.6 Å². The topological polar surface area (TPSA) is 145 Å². The van der Waals surface area contributed by atoms with E-state index in [0.29, 0.717) is 0 Å². The number of ether oxygens (including phenoxy) is 6. The van der Waals surface area contributed by atoms with Crippen LogP contribution in [0.25, 0.3) is 0 Å². The van der Waals surface area contributed by atoms with E-state index in [1.54, 1.807) is 64.1 Å². The van der Waals surface area contributed by atoms with Crippen LogP contribution in [-0.4, -0.2) is 74.0 Å². The third kappa shape index (κ3) is 6.77. The van der Waals surface area contributed by atoms with E-state index in [9.17, 15) is 9.13 Å². The number of para-hydroxylation sites is 2. The van der Waals surface area contributed by atoms with Crippen molar-refractivity contribution in [2.45, 2.75) is 88.5 Å². The lowest BCUT2D eigenvalue weighted by atomic mass is 10.1. The van der Waals surface area contributed by atoms with Crippen LogP contribution in [0.5, 0.6) is 11.5 Å². The van der Waals surface area contributed by atoms with Gasteiger partial charge in [0, 0.05) is 0 Å². The fraction of sp³-hybridized carbons (Fsp3) is 0.571. The van der Waals surface area contributed by atoms with Crippen LogP contribution in [0.2, 0.25) is 10.0 Å². The summed E-state index contributed by atoms with van der Waals surface area (Å²) >= 11 is 12.7. The maximum absolute atomic E-state index is 14.5. The van der Waals surface area contributed by atoms with E-state index in [1.165, 1.54) is 12.1 Å². The minimum absolute atomic E-state index is 0.0369. The van der Waals surface area contributed by atoms with Gasteiger partial charge in [-0.3, -0.25) is 18.1 Å². The maximum Gasteiger partial charge on any atom is 0.530 e. The van der Waals surface area contributed by atoms with Gasteiger partial charge in [-0.15, -0.1) is 0 Å². The average Bonchev–Trinajstić information content (AvgIpc) is 3.64. The molecule has 5 aliphatic heterocycles. The molecule has 0 radical (unpaired) electrons. The highest BCUT2D eigenvalue weighted by atomic mass is 35.5. The highest BCUT2D eigenvalue weighted by Gasteiger charge is 2.61. The lowest BCUT2D eigenvalue weighted by Gasteiger charge is -2.32. The van der Waals surface area contributed by atoms with Crippen molar-refractivity contribution in [3.05, 3.63) is 58.6 Å². The summed E-state index contributed by atoms with van der Waals surface area (Å²) in [6.45, 7) is 5.81. The van der Waals surface area contributed by atoms with E-state index in [-0.39, 0.29) is 21.5 Å². The van der Waals surface area contributed by atoms with Crippen LogP contribution >= 0.6 is 38.8 Å². The molecule has 0 bridgehead atoms. The van der Waals surface area contributed by atoms with Crippen molar-refractivity contribution in [3.8, 4) is 11.5 Å². The van der Waals surface area contributed by atoms with Crippen LogP contribution < -0.4 is 9.05 Å². The number of hydrogen-bond acceptors (Lipinski definition) is 14. The summed E-state index contributed by atoms with van der Waals surface area (Å²) in [5, 5.41) is 0.320. The minimum atomic E-state index is -4.56. The summed E-state index contributed by atoms with van der Waals surface area (Å²) in [6.07, 6.45) is -8.29. The predicted octanol–water partition coefficient (Wildman–Crippen LogP) is 6.24. The van der Waals surface area contributed by atoms with Gasteiger partial charge >= 0.3 is 15.6 Å². The lowest BCUT2D eigenvalue weighted by molar-refractivity contribution is -0.221. The monoisotopic (exact) mass is 724 g/mol. The lowest BCUT2D eigenvalue weighted by Crippen LogP contribution is -2.41. The van der Waals surface area contributed by atoms with Gasteiger partial charge < -0.3 is 37.5 Å². The Morgan fingerprint density at radius 2 is 1.02 bits per heavy atom. The van der Waals surface area contributed by atoms with Crippen molar-refractivity contribution < 1.29 is 64.7 Å². The molecule has 14 nitrogen and oxygen atoms in total. The summed E-state index contributed by atoms with van der Waals surface area (Å²) in [5.74, 6) is -2.06. The molecule has 7 rings (SSSR count). The van der Waals surface area contributed by atoms with E-state index < -0.39 is 89.6 Å². The molecule has 0 aliphatic carbocycles. The predicted molar refractivity (Wildman–Crippen MR) is 158 cm³/mol. The van der Waals surface area contributed by atoms with Gasteiger partial charge in [0.2, 0.25) is 0 Å². The van der Waals surface area contributed by atoms with E-state index in [0.717, 1.165) is 0 Å². The molecule has 5 heterocycles. The fourth-order valence-corrected chi connectivity index (χ4v) is 9.02. The molecular formula is C28H32Cl2O14P2. The normalized spacial score (nSPS) is 41.3. The molecule has 0 amide bonds. The second-order valence-corrected chi connectivity index (χ2v) is 15.9. The Kier molecular flexibility index (Phi) is 8.82. The molecule has 5 fully saturated rings. The Bertz CT molecular complexity index is 1450. The van der Waals surface area contributed by atoms with Gasteiger partial charge in [-0.1, -0.05) is 47.5 Å². The molecule has 10 atom stereocenters. The van der Waals surface area contributed by atoms with Gasteiger partial charge in [0.05, 0.1) is 23.3 Å². The summed E-state index contributed by atoms with van der Waals surface area (Å²) in [7, 11) is -9.13. The molecule has 0 spiro atoms. The number of phosphoric acid groups is 2. The molecule has 18 heteroatoms. The Morgan fingerprint density at radius 3 is 1.41 bits per heavy atom. The number of benzene rings is 2. The van der Waals surface area contributed by atoms with Crippen molar-refractivity contribution in [2.75, 3.05) is 13.2 Å². The summed E-state index contributed by atoms with van der Waals surface area (Å²) in [5.41, 5.74) is 0. The van der Waals surface area contributed by atoms with Crippen molar-refractivity contribution in [2.24, 2.45) is 0 Å². The first-order valence-corrected chi connectivity index (χ1v) is 18.1. The van der Waals surface area contributed by atoms with Crippen LogP contribution in [0, 0.1) is 0 Å².